The van der Waals surface area contributed by atoms with Crippen LogP contribution < -0.4 is 0 Å². The maximum absolute atomic E-state index is 10.7. The van der Waals surface area contributed by atoms with Gasteiger partial charge in [0, 0.05) is 5.57 Å². The van der Waals surface area contributed by atoms with Gasteiger partial charge in [0.25, 0.3) is 0 Å². The zero-order chi connectivity index (χ0) is 9.94. The minimum atomic E-state index is -4.32. The van der Waals surface area contributed by atoms with Gasteiger partial charge in [0.05, 0.1) is 0 Å². The van der Waals surface area contributed by atoms with E-state index in [1.807, 2.05) is 0 Å². The molecule has 0 saturated heterocycles. The van der Waals surface area contributed by atoms with Crippen molar-refractivity contribution in [3.8, 4) is 0 Å². The molecule has 0 amide bonds. The molecule has 7 heteroatoms. The van der Waals surface area contributed by atoms with Crippen LogP contribution in [0.4, 0.5) is 0 Å². The molecule has 0 spiro atoms. The first-order valence-corrected chi connectivity index (χ1v) is 4.58. The average Bonchev–Trinajstić information content (AvgIpc) is 1.85. The topological polar surface area (TPSA) is 80.7 Å². The third-order valence-corrected chi connectivity index (χ3v) is 1.98. The first kappa shape index (κ1) is 15.2. The van der Waals surface area contributed by atoms with E-state index in [-0.39, 0.29) is 24.4 Å². The normalized spacial score (nSPS) is 12.5. The monoisotopic (exact) mass is 202 g/mol. The van der Waals surface area contributed by atoms with Crippen LogP contribution in [0, 0.1) is 0 Å². The summed E-state index contributed by atoms with van der Waals surface area (Å²) in [7, 11) is -4.32. The van der Waals surface area contributed by atoms with E-state index in [1.54, 1.807) is 0 Å². The van der Waals surface area contributed by atoms with Crippen LogP contribution in [0.3, 0.4) is 0 Å². The van der Waals surface area contributed by atoms with E-state index in [2.05, 4.69) is 11.3 Å². The van der Waals surface area contributed by atoms with Gasteiger partial charge < -0.3 is 4.74 Å². The number of hydrogen-bond donors (Lipinski definition) is 1. The van der Waals surface area contributed by atoms with E-state index in [0.29, 0.717) is 0 Å². The van der Waals surface area contributed by atoms with Gasteiger partial charge in [0.1, 0.15) is 0 Å². The quantitative estimate of drug-likeness (QED) is 0.294. The van der Waals surface area contributed by atoms with Gasteiger partial charge in [-0.3, -0.25) is 4.55 Å². The molecule has 0 saturated carbocycles. The van der Waals surface area contributed by atoms with Gasteiger partial charge in [-0.05, 0) is 13.8 Å². The zero-order valence-electron chi connectivity index (χ0n) is 6.77. The van der Waals surface area contributed by atoms with Gasteiger partial charge in [-0.1, -0.05) is 6.58 Å². The van der Waals surface area contributed by atoms with Crippen molar-refractivity contribution in [2.75, 3.05) is 0 Å². The molecule has 0 aromatic heterocycles. The standard InChI is InChI=1S/C6H10O5S.Li.H/c1-4(2)6(7)11-5(3)12(8,9)10;;/h5H,1H2,2-3H3,(H,8,9,10);;. The first-order valence-electron chi connectivity index (χ1n) is 3.08. The molecule has 0 heterocycles. The molecule has 0 rings (SSSR count). The fourth-order valence-electron chi connectivity index (χ4n) is 0.312. The Morgan fingerprint density at radius 2 is 1.92 bits per heavy atom. The SMILES string of the molecule is C=C(C)C(=O)OC(C)S(=O)(=O)O.[LiH]. The van der Waals surface area contributed by atoms with Crippen LogP contribution >= 0.6 is 0 Å². The van der Waals surface area contributed by atoms with Crippen LogP contribution in [0.5, 0.6) is 0 Å². The van der Waals surface area contributed by atoms with Crippen LogP contribution in [-0.4, -0.2) is 43.2 Å². The number of esters is 1. The van der Waals surface area contributed by atoms with Crippen LogP contribution in [0.1, 0.15) is 13.8 Å². The van der Waals surface area contributed by atoms with Crippen molar-refractivity contribution >= 4 is 34.9 Å². The molecule has 1 atom stereocenters. The van der Waals surface area contributed by atoms with Gasteiger partial charge in [0.2, 0.25) is 5.44 Å². The molecule has 0 aromatic carbocycles. The van der Waals surface area contributed by atoms with Crippen molar-refractivity contribution in [3.05, 3.63) is 12.2 Å². The van der Waals surface area contributed by atoms with Crippen molar-refractivity contribution in [1.29, 1.82) is 0 Å². The molecule has 0 aliphatic rings. The van der Waals surface area contributed by atoms with Gasteiger partial charge in [-0.25, -0.2) is 4.79 Å². The maximum atomic E-state index is 10.7. The van der Waals surface area contributed by atoms with E-state index < -0.39 is 21.5 Å². The van der Waals surface area contributed by atoms with Crippen LogP contribution in [0.25, 0.3) is 0 Å². The molecule has 72 valence electrons. The Morgan fingerprint density at radius 3 is 2.15 bits per heavy atom. The van der Waals surface area contributed by atoms with Crippen molar-refractivity contribution in [1.82, 2.24) is 0 Å². The Bertz CT molecular complexity index is 294. The van der Waals surface area contributed by atoms with Gasteiger partial charge >= 0.3 is 34.9 Å². The molecular weight excluding hydrogens is 191 g/mol. The summed E-state index contributed by atoms with van der Waals surface area (Å²) in [5.41, 5.74) is -1.48. The molecule has 1 unspecified atom stereocenters. The Balaban J connectivity index is 0. The van der Waals surface area contributed by atoms with Crippen molar-refractivity contribution in [3.63, 3.8) is 0 Å². The molecule has 0 bridgehead atoms. The van der Waals surface area contributed by atoms with Crippen LogP contribution in [-0.2, 0) is 19.6 Å². The third-order valence-electron chi connectivity index (χ3n) is 1.04. The van der Waals surface area contributed by atoms with Crippen molar-refractivity contribution < 1.29 is 22.5 Å². The fourth-order valence-corrected chi connectivity index (χ4v) is 0.521. The van der Waals surface area contributed by atoms with E-state index in [9.17, 15) is 13.2 Å². The molecule has 0 radical (unpaired) electrons. The van der Waals surface area contributed by atoms with Crippen LogP contribution in [0.2, 0.25) is 0 Å². The predicted molar refractivity (Wildman–Crippen MR) is 49.1 cm³/mol. The summed E-state index contributed by atoms with van der Waals surface area (Å²) in [5, 5.41) is 0. The summed E-state index contributed by atoms with van der Waals surface area (Å²) in [6, 6.07) is 0. The molecule has 0 aromatic rings. The molecule has 13 heavy (non-hydrogen) atoms. The van der Waals surface area contributed by atoms with E-state index in [1.165, 1.54) is 6.92 Å². The minimum absolute atomic E-state index is 0. The van der Waals surface area contributed by atoms with Gasteiger partial charge in [-0.15, -0.1) is 0 Å². The van der Waals surface area contributed by atoms with E-state index in [4.69, 9.17) is 4.55 Å². The first-order chi connectivity index (χ1) is 5.25. The number of carbonyl (C=O) groups excluding carboxylic acids is 1. The molecule has 5 nitrogen and oxygen atoms in total. The second kappa shape index (κ2) is 5.45. The predicted octanol–water partition coefficient (Wildman–Crippen LogP) is -0.309. The van der Waals surface area contributed by atoms with E-state index in [0.717, 1.165) is 6.92 Å². The van der Waals surface area contributed by atoms with E-state index >= 15 is 0 Å². The number of rotatable bonds is 3. The summed E-state index contributed by atoms with van der Waals surface area (Å²) in [5.74, 6) is -0.847. The number of carbonyl (C=O) groups is 1. The van der Waals surface area contributed by atoms with Gasteiger partial charge in [-0.2, -0.15) is 8.42 Å². The van der Waals surface area contributed by atoms with Gasteiger partial charge in [0.15, 0.2) is 0 Å². The summed E-state index contributed by atoms with van der Waals surface area (Å²) >= 11 is 0. The summed E-state index contributed by atoms with van der Waals surface area (Å²) in [6.07, 6.45) is 0. The number of hydrogen-bond acceptors (Lipinski definition) is 4. The third kappa shape index (κ3) is 5.88. The second-order valence-corrected chi connectivity index (χ2v) is 3.96. The van der Waals surface area contributed by atoms with Crippen LogP contribution in [0.15, 0.2) is 12.2 Å². The molecule has 1 N–H and O–H groups in total. The Kier molecular flexibility index (Phi) is 6.37. The number of ether oxygens (including phenoxy) is 1. The molecule has 0 fully saturated rings. The Labute approximate surface area is 89.1 Å². The summed E-state index contributed by atoms with van der Waals surface area (Å²) < 4.78 is 33.4. The molecule has 0 aliphatic heterocycles. The average molecular weight is 202 g/mol. The summed E-state index contributed by atoms with van der Waals surface area (Å²) in [6.45, 7) is 5.66. The second-order valence-electron chi connectivity index (χ2n) is 2.27. The molecule has 0 aliphatic carbocycles. The Morgan fingerprint density at radius 1 is 1.54 bits per heavy atom. The van der Waals surface area contributed by atoms with Crippen molar-refractivity contribution in [2.45, 2.75) is 19.3 Å². The zero-order valence-corrected chi connectivity index (χ0v) is 7.59. The summed E-state index contributed by atoms with van der Waals surface area (Å²) in [4.78, 5) is 10.7. The fraction of sp³-hybridized carbons (Fsp3) is 0.500. The Hall–Kier alpha value is -0.283. The molecular formula is C6H11LiO5S. The van der Waals surface area contributed by atoms with Crippen molar-refractivity contribution in [2.24, 2.45) is 0 Å².